The van der Waals surface area contributed by atoms with Crippen molar-refractivity contribution < 1.29 is 14.1 Å². The van der Waals surface area contributed by atoms with E-state index < -0.39 is 0 Å². The van der Waals surface area contributed by atoms with Crippen LogP contribution in [0.2, 0.25) is 0 Å². The van der Waals surface area contributed by atoms with Crippen LogP contribution >= 0.6 is 0 Å². The van der Waals surface area contributed by atoms with E-state index in [1.54, 1.807) is 0 Å². The van der Waals surface area contributed by atoms with Gasteiger partial charge < -0.3 is 14.2 Å². The molecule has 2 saturated heterocycles. The highest BCUT2D eigenvalue weighted by Gasteiger charge is 2.23. The van der Waals surface area contributed by atoms with E-state index in [-0.39, 0.29) is 5.91 Å². The van der Waals surface area contributed by atoms with Crippen LogP contribution in [0.25, 0.3) is 0 Å². The zero-order valence-corrected chi connectivity index (χ0v) is 13.3. The van der Waals surface area contributed by atoms with Crippen LogP contribution in [0.3, 0.4) is 0 Å². The number of hydrogen-bond donors (Lipinski definition) is 0. The standard InChI is InChI=1S/C16H25N3O3/c1-13-11-15(22-17-13)12-18-6-8-19(9-7-18)16(20)5-4-14-3-2-10-21-14/h11,14H,2-10,12H2,1H3/t14-/m0/s1. The average Bonchev–Trinajstić information content (AvgIpc) is 3.17. The van der Waals surface area contributed by atoms with E-state index in [1.165, 1.54) is 0 Å². The molecular weight excluding hydrogens is 282 g/mol. The second kappa shape index (κ2) is 7.24. The van der Waals surface area contributed by atoms with Crippen LogP contribution in [0.15, 0.2) is 10.6 Å². The Morgan fingerprint density at radius 1 is 1.36 bits per heavy atom. The minimum absolute atomic E-state index is 0.269. The van der Waals surface area contributed by atoms with Crippen molar-refractivity contribution in [3.8, 4) is 0 Å². The molecule has 0 spiro atoms. The Morgan fingerprint density at radius 3 is 2.82 bits per heavy atom. The number of amides is 1. The second-order valence-electron chi connectivity index (χ2n) is 6.27. The minimum Gasteiger partial charge on any atom is -0.378 e. The molecule has 0 bridgehead atoms. The molecule has 0 N–H and O–H groups in total. The van der Waals surface area contributed by atoms with E-state index in [1.807, 2.05) is 17.9 Å². The molecule has 6 heteroatoms. The first-order valence-corrected chi connectivity index (χ1v) is 8.24. The van der Waals surface area contributed by atoms with Gasteiger partial charge in [-0.15, -0.1) is 0 Å². The lowest BCUT2D eigenvalue weighted by molar-refractivity contribution is -0.133. The number of hydrogen-bond acceptors (Lipinski definition) is 5. The topological polar surface area (TPSA) is 58.8 Å². The van der Waals surface area contributed by atoms with Gasteiger partial charge >= 0.3 is 0 Å². The number of ether oxygens (including phenoxy) is 1. The lowest BCUT2D eigenvalue weighted by Crippen LogP contribution is -2.48. The van der Waals surface area contributed by atoms with Gasteiger partial charge in [-0.3, -0.25) is 9.69 Å². The maximum absolute atomic E-state index is 12.2. The van der Waals surface area contributed by atoms with E-state index in [2.05, 4.69) is 10.1 Å². The van der Waals surface area contributed by atoms with Crippen LogP contribution in [-0.4, -0.2) is 59.8 Å². The summed E-state index contributed by atoms with van der Waals surface area (Å²) in [6.45, 7) is 6.96. The predicted molar refractivity (Wildman–Crippen MR) is 81.3 cm³/mol. The zero-order chi connectivity index (χ0) is 15.4. The van der Waals surface area contributed by atoms with Crippen LogP contribution in [0.5, 0.6) is 0 Å². The van der Waals surface area contributed by atoms with E-state index in [4.69, 9.17) is 9.26 Å². The Balaban J connectivity index is 1.38. The van der Waals surface area contributed by atoms with Gasteiger partial charge in [0.2, 0.25) is 5.91 Å². The third kappa shape index (κ3) is 4.08. The fourth-order valence-corrected chi connectivity index (χ4v) is 3.18. The van der Waals surface area contributed by atoms with Gasteiger partial charge in [-0.05, 0) is 26.2 Å². The molecule has 22 heavy (non-hydrogen) atoms. The van der Waals surface area contributed by atoms with Crippen molar-refractivity contribution in [2.75, 3.05) is 32.8 Å². The van der Waals surface area contributed by atoms with Crippen molar-refractivity contribution >= 4 is 5.91 Å². The molecule has 1 atom stereocenters. The Hall–Kier alpha value is -1.40. The first kappa shape index (κ1) is 15.5. The van der Waals surface area contributed by atoms with Gasteiger partial charge in [0.1, 0.15) is 0 Å². The molecule has 0 saturated carbocycles. The lowest BCUT2D eigenvalue weighted by Gasteiger charge is -2.34. The lowest BCUT2D eigenvalue weighted by atomic mass is 10.1. The largest absolute Gasteiger partial charge is 0.378 e. The minimum atomic E-state index is 0.269. The molecule has 0 aromatic carbocycles. The van der Waals surface area contributed by atoms with Crippen LogP contribution in [0.4, 0.5) is 0 Å². The van der Waals surface area contributed by atoms with Crippen molar-refractivity contribution in [2.45, 2.75) is 45.3 Å². The van der Waals surface area contributed by atoms with Gasteiger partial charge in [0, 0.05) is 45.3 Å². The third-order valence-corrected chi connectivity index (χ3v) is 4.49. The molecule has 0 unspecified atom stereocenters. The number of aryl methyl sites for hydroxylation is 1. The highest BCUT2D eigenvalue weighted by Crippen LogP contribution is 2.18. The summed E-state index contributed by atoms with van der Waals surface area (Å²) in [5.74, 6) is 1.17. The normalized spacial score (nSPS) is 23.1. The Morgan fingerprint density at radius 2 is 2.18 bits per heavy atom. The molecule has 0 aliphatic carbocycles. The van der Waals surface area contributed by atoms with E-state index in [0.717, 1.165) is 70.0 Å². The molecule has 0 radical (unpaired) electrons. The predicted octanol–water partition coefficient (Wildman–Crippen LogP) is 1.59. The Kier molecular flexibility index (Phi) is 5.10. The SMILES string of the molecule is Cc1cc(CN2CCN(C(=O)CC[C@@H]3CCCO3)CC2)on1. The summed E-state index contributed by atoms with van der Waals surface area (Å²) in [6.07, 6.45) is 4.04. The van der Waals surface area contributed by atoms with E-state index >= 15 is 0 Å². The van der Waals surface area contributed by atoms with Gasteiger partial charge in [-0.1, -0.05) is 5.16 Å². The first-order valence-electron chi connectivity index (χ1n) is 8.24. The van der Waals surface area contributed by atoms with E-state index in [9.17, 15) is 4.79 Å². The highest BCUT2D eigenvalue weighted by molar-refractivity contribution is 5.76. The number of carbonyl (C=O) groups is 1. The monoisotopic (exact) mass is 307 g/mol. The Bertz CT molecular complexity index is 489. The van der Waals surface area contributed by atoms with Gasteiger partial charge in [0.25, 0.3) is 0 Å². The third-order valence-electron chi connectivity index (χ3n) is 4.49. The van der Waals surface area contributed by atoms with Crippen LogP contribution < -0.4 is 0 Å². The number of aromatic nitrogens is 1. The molecule has 1 aromatic rings. The van der Waals surface area contributed by atoms with Gasteiger partial charge in [-0.2, -0.15) is 0 Å². The summed E-state index contributed by atoms with van der Waals surface area (Å²) in [5.41, 5.74) is 0.915. The average molecular weight is 307 g/mol. The second-order valence-corrected chi connectivity index (χ2v) is 6.27. The van der Waals surface area contributed by atoms with Crippen molar-refractivity contribution in [2.24, 2.45) is 0 Å². The van der Waals surface area contributed by atoms with Crippen molar-refractivity contribution in [3.63, 3.8) is 0 Å². The molecule has 2 aliphatic rings. The first-order chi connectivity index (χ1) is 10.7. The van der Waals surface area contributed by atoms with Gasteiger partial charge in [0.15, 0.2) is 5.76 Å². The molecule has 122 valence electrons. The van der Waals surface area contributed by atoms with Crippen molar-refractivity contribution in [1.29, 1.82) is 0 Å². The van der Waals surface area contributed by atoms with E-state index in [0.29, 0.717) is 12.5 Å². The van der Waals surface area contributed by atoms with Crippen molar-refractivity contribution in [3.05, 3.63) is 17.5 Å². The maximum Gasteiger partial charge on any atom is 0.222 e. The van der Waals surface area contributed by atoms with Crippen LogP contribution in [0, 0.1) is 6.92 Å². The molecule has 1 amide bonds. The molecule has 1 aromatic heterocycles. The fourth-order valence-electron chi connectivity index (χ4n) is 3.18. The summed E-state index contributed by atoms with van der Waals surface area (Å²) >= 11 is 0. The molecular formula is C16H25N3O3. The smallest absolute Gasteiger partial charge is 0.222 e. The zero-order valence-electron chi connectivity index (χ0n) is 13.3. The number of rotatable bonds is 5. The molecule has 3 rings (SSSR count). The Labute approximate surface area is 131 Å². The molecule has 3 heterocycles. The number of carbonyl (C=O) groups excluding carboxylic acids is 1. The summed E-state index contributed by atoms with van der Waals surface area (Å²) < 4.78 is 10.8. The summed E-state index contributed by atoms with van der Waals surface area (Å²) in [5, 5.41) is 3.91. The molecule has 6 nitrogen and oxygen atoms in total. The van der Waals surface area contributed by atoms with Crippen LogP contribution in [0.1, 0.15) is 37.1 Å². The van der Waals surface area contributed by atoms with Gasteiger partial charge in [0.05, 0.1) is 18.3 Å². The fraction of sp³-hybridized carbons (Fsp3) is 0.750. The summed E-state index contributed by atoms with van der Waals surface area (Å²) in [4.78, 5) is 16.5. The summed E-state index contributed by atoms with van der Waals surface area (Å²) in [6, 6.07) is 1.97. The number of piperazine rings is 1. The summed E-state index contributed by atoms with van der Waals surface area (Å²) in [7, 11) is 0. The quantitative estimate of drug-likeness (QED) is 0.827. The van der Waals surface area contributed by atoms with Gasteiger partial charge in [-0.25, -0.2) is 0 Å². The molecule has 2 aliphatic heterocycles. The van der Waals surface area contributed by atoms with Crippen LogP contribution in [-0.2, 0) is 16.1 Å². The van der Waals surface area contributed by atoms with Crippen molar-refractivity contribution in [1.82, 2.24) is 15.0 Å². The highest BCUT2D eigenvalue weighted by atomic mass is 16.5. The number of nitrogens with zero attached hydrogens (tertiary/aromatic N) is 3. The molecule has 2 fully saturated rings. The maximum atomic E-state index is 12.2.